The van der Waals surface area contributed by atoms with Crippen molar-refractivity contribution in [3.8, 4) is 11.5 Å². The number of rotatable bonds is 6. The van der Waals surface area contributed by atoms with Crippen LogP contribution in [0.4, 0.5) is 10.5 Å². The Kier molecular flexibility index (Phi) is 5.11. The van der Waals surface area contributed by atoms with E-state index in [4.69, 9.17) is 9.52 Å². The molecule has 0 saturated carbocycles. The smallest absolute Gasteiger partial charge is 0.322 e. The van der Waals surface area contributed by atoms with Gasteiger partial charge in [-0.1, -0.05) is 6.08 Å². The topological polar surface area (TPSA) is 78.6 Å². The van der Waals surface area contributed by atoms with E-state index in [9.17, 15) is 4.79 Å². The van der Waals surface area contributed by atoms with Crippen molar-refractivity contribution >= 4 is 11.7 Å². The zero-order valence-corrected chi connectivity index (χ0v) is 11.5. The summed E-state index contributed by atoms with van der Waals surface area (Å²) in [5, 5.41) is 11.7. The van der Waals surface area contributed by atoms with E-state index in [-0.39, 0.29) is 19.2 Å². The molecule has 0 saturated heterocycles. The minimum atomic E-state index is -0.284. The molecule has 0 fully saturated rings. The molecule has 0 atom stereocenters. The van der Waals surface area contributed by atoms with Crippen LogP contribution in [0.3, 0.4) is 0 Å². The number of nitrogens with one attached hydrogen (secondary N) is 1. The fourth-order valence-electron chi connectivity index (χ4n) is 1.82. The fourth-order valence-corrected chi connectivity index (χ4v) is 1.82. The third kappa shape index (κ3) is 3.93. The van der Waals surface area contributed by atoms with Crippen molar-refractivity contribution in [1.82, 2.24) is 9.88 Å². The Labute approximate surface area is 122 Å². The number of benzene rings is 1. The van der Waals surface area contributed by atoms with Crippen LogP contribution in [0.15, 0.2) is 53.8 Å². The molecule has 6 nitrogen and oxygen atoms in total. The standard InChI is InChI=1S/C15H17N3O3/c1-2-8-18(9-10-19)15(20)17-13-5-3-12(4-6-13)14-16-7-11-21-14/h2-7,11,19H,1,8-10H2,(H,17,20). The van der Waals surface area contributed by atoms with Crippen molar-refractivity contribution in [1.29, 1.82) is 0 Å². The molecule has 1 aromatic heterocycles. The van der Waals surface area contributed by atoms with Gasteiger partial charge in [0.05, 0.1) is 12.8 Å². The molecule has 0 spiro atoms. The first kappa shape index (κ1) is 14.8. The second kappa shape index (κ2) is 7.25. The lowest BCUT2D eigenvalue weighted by atomic mass is 10.2. The SMILES string of the molecule is C=CCN(CCO)C(=O)Nc1ccc(-c2ncco2)cc1. The van der Waals surface area contributed by atoms with Gasteiger partial charge in [0.2, 0.25) is 5.89 Å². The van der Waals surface area contributed by atoms with Crippen molar-refractivity contribution in [2.75, 3.05) is 25.0 Å². The van der Waals surface area contributed by atoms with E-state index in [1.165, 1.54) is 11.2 Å². The number of hydrogen-bond donors (Lipinski definition) is 2. The van der Waals surface area contributed by atoms with E-state index in [1.807, 2.05) is 12.1 Å². The maximum absolute atomic E-state index is 12.0. The molecule has 0 aliphatic heterocycles. The van der Waals surface area contributed by atoms with Crippen LogP contribution in [0.2, 0.25) is 0 Å². The lowest BCUT2D eigenvalue weighted by Gasteiger charge is -2.20. The molecule has 2 aromatic rings. The summed E-state index contributed by atoms with van der Waals surface area (Å²) in [6.45, 7) is 4.13. The van der Waals surface area contributed by atoms with Crippen LogP contribution in [0.1, 0.15) is 0 Å². The highest BCUT2D eigenvalue weighted by Gasteiger charge is 2.11. The van der Waals surface area contributed by atoms with Crippen LogP contribution >= 0.6 is 0 Å². The number of aromatic nitrogens is 1. The Morgan fingerprint density at radius 3 is 2.76 bits per heavy atom. The number of oxazole rings is 1. The largest absolute Gasteiger partial charge is 0.445 e. The quantitative estimate of drug-likeness (QED) is 0.799. The molecular weight excluding hydrogens is 270 g/mol. The summed E-state index contributed by atoms with van der Waals surface area (Å²) >= 11 is 0. The molecule has 1 heterocycles. The van der Waals surface area contributed by atoms with E-state index in [1.54, 1.807) is 24.4 Å². The van der Waals surface area contributed by atoms with Crippen molar-refractivity contribution in [3.05, 3.63) is 49.4 Å². The van der Waals surface area contributed by atoms with Gasteiger partial charge in [-0.3, -0.25) is 0 Å². The van der Waals surface area contributed by atoms with Crippen LogP contribution in [-0.2, 0) is 0 Å². The Bertz CT molecular complexity index is 579. The van der Waals surface area contributed by atoms with Crippen molar-refractivity contribution in [3.63, 3.8) is 0 Å². The van der Waals surface area contributed by atoms with Crippen LogP contribution in [-0.4, -0.2) is 40.7 Å². The zero-order chi connectivity index (χ0) is 15.1. The van der Waals surface area contributed by atoms with E-state index in [2.05, 4.69) is 16.9 Å². The summed E-state index contributed by atoms with van der Waals surface area (Å²) in [7, 11) is 0. The number of carbonyl (C=O) groups excluding carboxylic acids is 1. The molecule has 2 N–H and O–H groups in total. The number of aliphatic hydroxyl groups is 1. The molecule has 0 unspecified atom stereocenters. The monoisotopic (exact) mass is 287 g/mol. The minimum absolute atomic E-state index is 0.0929. The number of carbonyl (C=O) groups is 1. The number of amides is 2. The first-order valence-electron chi connectivity index (χ1n) is 6.52. The molecule has 1 aromatic carbocycles. The number of nitrogens with zero attached hydrogens (tertiary/aromatic N) is 2. The predicted molar refractivity (Wildman–Crippen MR) is 79.8 cm³/mol. The van der Waals surface area contributed by atoms with Gasteiger partial charge >= 0.3 is 6.03 Å². The zero-order valence-electron chi connectivity index (χ0n) is 11.5. The van der Waals surface area contributed by atoms with Crippen molar-refractivity contribution in [2.24, 2.45) is 0 Å². The normalized spacial score (nSPS) is 10.1. The average molecular weight is 287 g/mol. The highest BCUT2D eigenvalue weighted by Crippen LogP contribution is 2.19. The highest BCUT2D eigenvalue weighted by molar-refractivity contribution is 5.89. The van der Waals surface area contributed by atoms with E-state index in [0.29, 0.717) is 18.1 Å². The predicted octanol–water partition coefficient (Wildman–Crippen LogP) is 2.35. The van der Waals surface area contributed by atoms with Gasteiger partial charge in [0.15, 0.2) is 0 Å². The Morgan fingerprint density at radius 1 is 1.43 bits per heavy atom. The molecule has 21 heavy (non-hydrogen) atoms. The van der Waals surface area contributed by atoms with E-state index >= 15 is 0 Å². The lowest BCUT2D eigenvalue weighted by molar-refractivity contribution is 0.195. The summed E-state index contributed by atoms with van der Waals surface area (Å²) < 4.78 is 5.20. The maximum Gasteiger partial charge on any atom is 0.322 e. The molecule has 0 bridgehead atoms. The Morgan fingerprint density at radius 2 is 2.19 bits per heavy atom. The Balaban J connectivity index is 2.02. The molecule has 0 aliphatic rings. The number of hydrogen-bond acceptors (Lipinski definition) is 4. The number of urea groups is 1. The van der Waals surface area contributed by atoms with Gasteiger partial charge in [-0.25, -0.2) is 9.78 Å². The summed E-state index contributed by atoms with van der Waals surface area (Å²) in [5.74, 6) is 0.529. The number of aliphatic hydroxyl groups excluding tert-OH is 1. The van der Waals surface area contributed by atoms with Crippen LogP contribution in [0.25, 0.3) is 11.5 Å². The van der Waals surface area contributed by atoms with Crippen molar-refractivity contribution in [2.45, 2.75) is 0 Å². The van der Waals surface area contributed by atoms with E-state index in [0.717, 1.165) is 5.56 Å². The first-order valence-corrected chi connectivity index (χ1v) is 6.52. The van der Waals surface area contributed by atoms with Gasteiger partial charge in [-0.2, -0.15) is 0 Å². The molecule has 2 rings (SSSR count). The molecule has 110 valence electrons. The second-order valence-corrected chi connectivity index (χ2v) is 4.30. The molecule has 2 amide bonds. The summed E-state index contributed by atoms with van der Waals surface area (Å²) in [6, 6.07) is 6.87. The lowest BCUT2D eigenvalue weighted by Crippen LogP contribution is -2.37. The third-order valence-corrected chi connectivity index (χ3v) is 2.82. The fraction of sp³-hybridized carbons (Fsp3) is 0.200. The highest BCUT2D eigenvalue weighted by atomic mass is 16.3. The third-order valence-electron chi connectivity index (χ3n) is 2.82. The van der Waals surface area contributed by atoms with Gasteiger partial charge in [0.1, 0.15) is 6.26 Å². The average Bonchev–Trinajstić information content (AvgIpc) is 3.02. The maximum atomic E-state index is 12.0. The van der Waals surface area contributed by atoms with Gasteiger partial charge in [0.25, 0.3) is 0 Å². The molecule has 6 heteroatoms. The summed E-state index contributed by atoms with van der Waals surface area (Å²) in [6.07, 6.45) is 4.70. The second-order valence-electron chi connectivity index (χ2n) is 4.30. The molecule has 0 radical (unpaired) electrons. The van der Waals surface area contributed by atoms with Gasteiger partial charge in [-0.05, 0) is 24.3 Å². The van der Waals surface area contributed by atoms with Crippen molar-refractivity contribution < 1.29 is 14.3 Å². The van der Waals surface area contributed by atoms with Gasteiger partial charge in [-0.15, -0.1) is 6.58 Å². The van der Waals surface area contributed by atoms with Gasteiger partial charge in [0, 0.05) is 24.3 Å². The van der Waals surface area contributed by atoms with Crippen LogP contribution < -0.4 is 5.32 Å². The summed E-state index contributed by atoms with van der Waals surface area (Å²) in [5.41, 5.74) is 1.48. The Hall–Kier alpha value is -2.60. The first-order chi connectivity index (χ1) is 10.2. The minimum Gasteiger partial charge on any atom is -0.445 e. The van der Waals surface area contributed by atoms with Crippen LogP contribution in [0, 0.1) is 0 Å². The van der Waals surface area contributed by atoms with Crippen LogP contribution in [0.5, 0.6) is 0 Å². The molecule has 0 aliphatic carbocycles. The van der Waals surface area contributed by atoms with E-state index < -0.39 is 0 Å². The van der Waals surface area contributed by atoms with Gasteiger partial charge < -0.3 is 19.7 Å². The summed E-state index contributed by atoms with van der Waals surface area (Å²) in [4.78, 5) is 17.6. The molecular formula is C15H17N3O3. The number of anilines is 1.